The molecule has 26 heavy (non-hydrogen) atoms. The van der Waals surface area contributed by atoms with Crippen LogP contribution in [0.4, 0.5) is 5.82 Å². The number of esters is 1. The summed E-state index contributed by atoms with van der Waals surface area (Å²) in [5.74, 6) is 0.674. The van der Waals surface area contributed by atoms with Crippen LogP contribution in [0.2, 0.25) is 0 Å². The average Bonchev–Trinajstić information content (AvgIpc) is 3.34. The number of rotatable bonds is 8. The minimum atomic E-state index is -0.525. The molecule has 3 rings (SSSR count). The second-order valence-corrected chi connectivity index (χ2v) is 6.09. The van der Waals surface area contributed by atoms with E-state index in [1.807, 2.05) is 16.8 Å². The molecule has 0 aliphatic heterocycles. The van der Waals surface area contributed by atoms with Gasteiger partial charge < -0.3 is 19.3 Å². The Bertz CT molecular complexity index is 902. The first-order valence-corrected chi connectivity index (χ1v) is 8.66. The van der Waals surface area contributed by atoms with Gasteiger partial charge in [-0.15, -0.1) is 10.2 Å². The van der Waals surface area contributed by atoms with Crippen molar-refractivity contribution in [2.24, 2.45) is 0 Å². The predicted octanol–water partition coefficient (Wildman–Crippen LogP) is 2.39. The Hall–Kier alpha value is -3.08. The van der Waals surface area contributed by atoms with Crippen LogP contribution in [0.1, 0.15) is 18.1 Å². The maximum Gasteiger partial charge on any atom is 0.342 e. The average molecular weight is 377 g/mol. The number of hydrogen-bond acceptors (Lipinski definition) is 9. The summed E-state index contributed by atoms with van der Waals surface area (Å²) >= 11 is 1.52. The molecule has 3 aromatic rings. The quantitative estimate of drug-likeness (QED) is 0.333. The zero-order chi connectivity index (χ0) is 18.5. The monoisotopic (exact) mass is 377 g/mol. The van der Waals surface area contributed by atoms with Gasteiger partial charge in [0.2, 0.25) is 11.8 Å². The van der Waals surface area contributed by atoms with Gasteiger partial charge in [-0.3, -0.25) is 4.79 Å². The molecule has 0 aromatic carbocycles. The Morgan fingerprint density at radius 1 is 1.46 bits per heavy atom. The van der Waals surface area contributed by atoms with E-state index >= 15 is 0 Å². The molecule has 3 aromatic heterocycles. The number of aryl methyl sites for hydroxylation is 2. The molecule has 0 spiro atoms. The third-order valence-corrected chi connectivity index (χ3v) is 4.26. The summed E-state index contributed by atoms with van der Waals surface area (Å²) in [5.41, 5.74) is 0.841. The fourth-order valence-electron chi connectivity index (χ4n) is 2.27. The first kappa shape index (κ1) is 17.7. The van der Waals surface area contributed by atoms with E-state index in [2.05, 4.69) is 15.2 Å². The number of nitrogens with zero attached hydrogens (tertiary/aromatic N) is 5. The lowest BCUT2D eigenvalue weighted by Gasteiger charge is -2.04. The highest BCUT2D eigenvalue weighted by Crippen LogP contribution is 2.20. The Morgan fingerprint density at radius 3 is 3.04 bits per heavy atom. The first-order valence-electron chi connectivity index (χ1n) is 7.71. The predicted molar refractivity (Wildman–Crippen MR) is 90.5 cm³/mol. The highest BCUT2D eigenvalue weighted by atomic mass is 32.1. The number of thiophene rings is 1. The number of ether oxygens (including phenoxy) is 1. The van der Waals surface area contributed by atoms with Crippen molar-refractivity contribution in [1.29, 1.82) is 0 Å². The van der Waals surface area contributed by atoms with Gasteiger partial charge >= 0.3 is 11.8 Å². The summed E-state index contributed by atoms with van der Waals surface area (Å²) in [6.07, 6.45) is 1.52. The first-order chi connectivity index (χ1) is 12.5. The molecule has 0 atom stereocenters. The Morgan fingerprint density at radius 2 is 2.31 bits per heavy atom. The molecule has 0 aliphatic carbocycles. The molecule has 11 heteroatoms. The number of imidazole rings is 1. The standard InChI is InChI=1S/C15H15N5O5S/c1-10-16-8-13(20(22)23)19(10)5-6-24-14(21)3-2-12-17-18-15(25-12)11-4-7-26-9-11/h4,7-9H,2-3,5-6H2,1H3. The third kappa shape index (κ3) is 4.11. The van der Waals surface area contributed by atoms with Crippen molar-refractivity contribution in [2.75, 3.05) is 6.61 Å². The molecule has 3 heterocycles. The molecule has 0 unspecified atom stereocenters. The van der Waals surface area contributed by atoms with Crippen LogP contribution >= 0.6 is 11.3 Å². The van der Waals surface area contributed by atoms with Crippen LogP contribution < -0.4 is 0 Å². The number of hydrogen-bond donors (Lipinski definition) is 0. The fraction of sp³-hybridized carbons (Fsp3) is 0.333. The van der Waals surface area contributed by atoms with Gasteiger partial charge in [0.05, 0.1) is 6.42 Å². The van der Waals surface area contributed by atoms with E-state index in [-0.39, 0.29) is 31.8 Å². The zero-order valence-corrected chi connectivity index (χ0v) is 14.6. The number of nitro groups is 1. The van der Waals surface area contributed by atoms with E-state index in [1.54, 1.807) is 6.92 Å². The van der Waals surface area contributed by atoms with Crippen LogP contribution in [0.15, 0.2) is 27.4 Å². The lowest BCUT2D eigenvalue weighted by molar-refractivity contribution is -0.392. The van der Waals surface area contributed by atoms with Crippen LogP contribution in [0, 0.1) is 17.0 Å². The zero-order valence-electron chi connectivity index (χ0n) is 13.8. The van der Waals surface area contributed by atoms with Gasteiger partial charge in [-0.2, -0.15) is 11.3 Å². The molecule has 0 saturated heterocycles. The van der Waals surface area contributed by atoms with E-state index in [4.69, 9.17) is 9.15 Å². The van der Waals surface area contributed by atoms with Gasteiger partial charge in [-0.05, 0) is 16.4 Å². The van der Waals surface area contributed by atoms with E-state index in [9.17, 15) is 14.9 Å². The molecule has 0 aliphatic rings. The highest BCUT2D eigenvalue weighted by Gasteiger charge is 2.18. The minimum absolute atomic E-state index is 0.0147. The van der Waals surface area contributed by atoms with Gasteiger partial charge in [-0.1, -0.05) is 0 Å². The molecular formula is C15H15N5O5S. The summed E-state index contributed by atoms with van der Waals surface area (Å²) in [7, 11) is 0. The lowest BCUT2D eigenvalue weighted by atomic mass is 10.3. The van der Waals surface area contributed by atoms with E-state index < -0.39 is 10.9 Å². The molecule has 136 valence electrons. The van der Waals surface area contributed by atoms with Crippen LogP contribution in [0.25, 0.3) is 11.5 Å². The number of carbonyl (C=O) groups excluding carboxylic acids is 1. The Labute approximate surface area is 151 Å². The van der Waals surface area contributed by atoms with Crippen molar-refractivity contribution >= 4 is 23.1 Å². The Kier molecular flexibility index (Phi) is 5.37. The lowest BCUT2D eigenvalue weighted by Crippen LogP contribution is -2.14. The smallest absolute Gasteiger partial charge is 0.342 e. The summed E-state index contributed by atoms with van der Waals surface area (Å²) < 4.78 is 12.0. The molecular weight excluding hydrogens is 362 g/mol. The van der Waals surface area contributed by atoms with Crippen molar-refractivity contribution in [3.8, 4) is 11.5 Å². The largest absolute Gasteiger partial charge is 0.461 e. The van der Waals surface area contributed by atoms with Crippen molar-refractivity contribution in [2.45, 2.75) is 26.3 Å². The molecule has 0 N–H and O–H groups in total. The molecule has 10 nitrogen and oxygen atoms in total. The van der Waals surface area contributed by atoms with Crippen LogP contribution in [-0.4, -0.2) is 37.2 Å². The topological polar surface area (TPSA) is 126 Å². The highest BCUT2D eigenvalue weighted by molar-refractivity contribution is 7.08. The van der Waals surface area contributed by atoms with Crippen molar-refractivity contribution in [3.05, 3.63) is 44.9 Å². The maximum absolute atomic E-state index is 11.8. The molecule has 0 bridgehead atoms. The summed E-state index contributed by atoms with van der Waals surface area (Å²) in [6.45, 7) is 1.83. The normalized spacial score (nSPS) is 10.8. The summed E-state index contributed by atoms with van der Waals surface area (Å²) in [4.78, 5) is 26.1. The van der Waals surface area contributed by atoms with Crippen LogP contribution in [-0.2, 0) is 22.5 Å². The summed E-state index contributed by atoms with van der Waals surface area (Å²) in [5, 5.41) is 22.5. The third-order valence-electron chi connectivity index (χ3n) is 3.58. The van der Waals surface area contributed by atoms with Crippen molar-refractivity contribution < 1.29 is 18.9 Å². The Balaban J connectivity index is 1.45. The van der Waals surface area contributed by atoms with E-state index in [1.165, 1.54) is 22.1 Å². The van der Waals surface area contributed by atoms with E-state index in [0.717, 1.165) is 5.56 Å². The maximum atomic E-state index is 11.8. The van der Waals surface area contributed by atoms with Crippen LogP contribution in [0.5, 0.6) is 0 Å². The van der Waals surface area contributed by atoms with Gasteiger partial charge in [0.25, 0.3) is 0 Å². The molecule has 0 fully saturated rings. The van der Waals surface area contributed by atoms with Crippen LogP contribution in [0.3, 0.4) is 0 Å². The van der Waals surface area contributed by atoms with Gasteiger partial charge in [-0.25, -0.2) is 9.55 Å². The molecule has 0 amide bonds. The number of aromatic nitrogens is 4. The molecule has 0 saturated carbocycles. The second-order valence-electron chi connectivity index (χ2n) is 5.31. The number of carbonyl (C=O) groups is 1. The van der Waals surface area contributed by atoms with Crippen molar-refractivity contribution in [1.82, 2.24) is 19.7 Å². The fourth-order valence-corrected chi connectivity index (χ4v) is 2.90. The van der Waals surface area contributed by atoms with Crippen molar-refractivity contribution in [3.63, 3.8) is 0 Å². The minimum Gasteiger partial charge on any atom is -0.461 e. The van der Waals surface area contributed by atoms with Gasteiger partial charge in [0, 0.05) is 24.3 Å². The SMILES string of the molecule is Cc1ncc([N+](=O)[O-])n1CCOC(=O)CCc1nnc(-c2ccsc2)o1. The molecule has 0 radical (unpaired) electrons. The summed E-state index contributed by atoms with van der Waals surface area (Å²) in [6, 6.07) is 1.87. The van der Waals surface area contributed by atoms with Gasteiger partial charge in [0.1, 0.15) is 19.3 Å². The van der Waals surface area contributed by atoms with E-state index in [0.29, 0.717) is 17.6 Å². The van der Waals surface area contributed by atoms with Gasteiger partial charge in [0.15, 0.2) is 5.82 Å². The second kappa shape index (κ2) is 7.87.